The van der Waals surface area contributed by atoms with Gasteiger partial charge in [-0.15, -0.1) is 10.2 Å². The van der Waals surface area contributed by atoms with Gasteiger partial charge in [0.15, 0.2) is 0 Å². The Labute approximate surface area is 125 Å². The number of nitrogens with zero attached hydrogens (tertiary/aromatic N) is 4. The molecule has 0 unspecified atom stereocenters. The minimum absolute atomic E-state index is 0.0525. The summed E-state index contributed by atoms with van der Waals surface area (Å²) in [5.41, 5.74) is 1.34. The Kier molecular flexibility index (Phi) is 3.86. The number of halogens is 1. The number of rotatable bonds is 4. The van der Waals surface area contributed by atoms with Gasteiger partial charge in [0.25, 0.3) is 0 Å². The van der Waals surface area contributed by atoms with Gasteiger partial charge in [0.2, 0.25) is 11.7 Å². The molecule has 2 aromatic carbocycles. The van der Waals surface area contributed by atoms with E-state index in [1.165, 1.54) is 16.9 Å². The molecule has 22 heavy (non-hydrogen) atoms. The number of aromatic nitrogens is 4. The van der Waals surface area contributed by atoms with E-state index in [0.717, 1.165) is 0 Å². The van der Waals surface area contributed by atoms with Gasteiger partial charge in [-0.2, -0.15) is 4.80 Å². The van der Waals surface area contributed by atoms with Crippen molar-refractivity contribution in [3.63, 3.8) is 0 Å². The van der Waals surface area contributed by atoms with Crippen LogP contribution in [0.3, 0.4) is 0 Å². The van der Waals surface area contributed by atoms with Gasteiger partial charge in [0.1, 0.15) is 12.4 Å². The van der Waals surface area contributed by atoms with Crippen LogP contribution in [0.1, 0.15) is 0 Å². The molecule has 1 heterocycles. The molecule has 0 spiro atoms. The molecule has 0 aliphatic heterocycles. The van der Waals surface area contributed by atoms with Crippen molar-refractivity contribution in [2.75, 3.05) is 5.32 Å². The maximum atomic E-state index is 12.9. The summed E-state index contributed by atoms with van der Waals surface area (Å²) in [4.78, 5) is 13.1. The van der Waals surface area contributed by atoms with E-state index in [1.54, 1.807) is 24.3 Å². The molecule has 0 radical (unpaired) electrons. The Morgan fingerprint density at radius 1 is 1.09 bits per heavy atom. The van der Waals surface area contributed by atoms with Crippen LogP contribution < -0.4 is 5.32 Å². The van der Waals surface area contributed by atoms with Crippen LogP contribution in [0.5, 0.6) is 0 Å². The molecule has 7 heteroatoms. The molecule has 0 aliphatic rings. The van der Waals surface area contributed by atoms with Gasteiger partial charge in [-0.25, -0.2) is 4.39 Å². The van der Waals surface area contributed by atoms with E-state index in [4.69, 9.17) is 0 Å². The number of carbonyl (C=O) groups is 1. The first-order chi connectivity index (χ1) is 10.7. The molecule has 1 amide bonds. The van der Waals surface area contributed by atoms with Crippen LogP contribution in [0.25, 0.3) is 11.4 Å². The Balaban J connectivity index is 1.66. The predicted molar refractivity (Wildman–Crippen MR) is 78.3 cm³/mol. The molecule has 0 saturated carbocycles. The van der Waals surface area contributed by atoms with Crippen LogP contribution in [-0.2, 0) is 11.3 Å². The normalized spacial score (nSPS) is 10.4. The number of hydrogen-bond acceptors (Lipinski definition) is 4. The van der Waals surface area contributed by atoms with E-state index in [1.807, 2.05) is 18.2 Å². The van der Waals surface area contributed by atoms with Crippen molar-refractivity contribution in [1.29, 1.82) is 0 Å². The van der Waals surface area contributed by atoms with Gasteiger partial charge in [-0.3, -0.25) is 4.79 Å². The Hall–Kier alpha value is -3.09. The minimum Gasteiger partial charge on any atom is -0.324 e. The van der Waals surface area contributed by atoms with Crippen molar-refractivity contribution in [3.8, 4) is 11.4 Å². The number of anilines is 1. The Morgan fingerprint density at radius 3 is 2.55 bits per heavy atom. The van der Waals surface area contributed by atoms with Crippen LogP contribution >= 0.6 is 0 Å². The maximum Gasteiger partial charge on any atom is 0.248 e. The average Bonchev–Trinajstić information content (AvgIpc) is 2.97. The van der Waals surface area contributed by atoms with Crippen molar-refractivity contribution < 1.29 is 9.18 Å². The summed E-state index contributed by atoms with van der Waals surface area (Å²) in [5, 5.41) is 14.5. The van der Waals surface area contributed by atoms with Crippen LogP contribution in [0.4, 0.5) is 10.1 Å². The number of hydrogen-bond donors (Lipinski definition) is 1. The molecule has 1 aromatic heterocycles. The van der Waals surface area contributed by atoms with Crippen molar-refractivity contribution >= 4 is 11.6 Å². The lowest BCUT2D eigenvalue weighted by Gasteiger charge is -2.03. The van der Waals surface area contributed by atoms with Crippen molar-refractivity contribution in [2.45, 2.75) is 6.54 Å². The van der Waals surface area contributed by atoms with Gasteiger partial charge in [-0.05, 0) is 41.6 Å². The van der Waals surface area contributed by atoms with Gasteiger partial charge < -0.3 is 5.32 Å². The summed E-state index contributed by atoms with van der Waals surface area (Å²) >= 11 is 0. The highest BCUT2D eigenvalue weighted by Gasteiger charge is 2.09. The molecule has 6 nitrogen and oxygen atoms in total. The molecule has 0 saturated heterocycles. The van der Waals surface area contributed by atoms with Gasteiger partial charge in [-0.1, -0.05) is 18.2 Å². The minimum atomic E-state index is -0.335. The molecule has 110 valence electrons. The zero-order chi connectivity index (χ0) is 15.4. The standard InChI is InChI=1S/C15H12FN5O/c16-12-8-6-11(7-9-12)15-18-20-21(19-15)10-14(22)17-13-4-2-1-3-5-13/h1-9H,10H2,(H,17,22). The molecule has 0 atom stereocenters. The SMILES string of the molecule is O=C(Cn1nnc(-c2ccc(F)cc2)n1)Nc1ccccc1. The number of amides is 1. The van der Waals surface area contributed by atoms with Crippen molar-refractivity contribution in [2.24, 2.45) is 0 Å². The second kappa shape index (κ2) is 6.13. The van der Waals surface area contributed by atoms with Crippen LogP contribution in [0.2, 0.25) is 0 Å². The smallest absolute Gasteiger partial charge is 0.248 e. The van der Waals surface area contributed by atoms with Gasteiger partial charge in [0.05, 0.1) is 0 Å². The summed E-state index contributed by atoms with van der Waals surface area (Å²) in [6.45, 7) is -0.0525. The second-order valence-electron chi connectivity index (χ2n) is 4.56. The fourth-order valence-corrected chi connectivity index (χ4v) is 1.88. The Bertz CT molecular complexity index is 770. The predicted octanol–water partition coefficient (Wildman–Crippen LogP) is 2.12. The summed E-state index contributed by atoms with van der Waals surface area (Å²) < 4.78 is 12.9. The highest BCUT2D eigenvalue weighted by atomic mass is 19.1. The topological polar surface area (TPSA) is 72.7 Å². The molecular weight excluding hydrogens is 285 g/mol. The zero-order valence-electron chi connectivity index (χ0n) is 11.5. The third-order valence-corrected chi connectivity index (χ3v) is 2.90. The number of nitrogens with one attached hydrogen (secondary N) is 1. The molecule has 0 bridgehead atoms. The lowest BCUT2D eigenvalue weighted by Crippen LogP contribution is -2.20. The largest absolute Gasteiger partial charge is 0.324 e. The fraction of sp³-hybridized carbons (Fsp3) is 0.0667. The fourth-order valence-electron chi connectivity index (χ4n) is 1.88. The van der Waals surface area contributed by atoms with Crippen LogP contribution in [0.15, 0.2) is 54.6 Å². The van der Waals surface area contributed by atoms with E-state index >= 15 is 0 Å². The molecule has 1 N–H and O–H groups in total. The molecule has 0 aliphatic carbocycles. The number of tetrazole rings is 1. The van der Waals surface area contributed by atoms with Gasteiger partial charge >= 0.3 is 0 Å². The van der Waals surface area contributed by atoms with E-state index in [2.05, 4.69) is 20.7 Å². The Morgan fingerprint density at radius 2 is 1.82 bits per heavy atom. The first-order valence-corrected chi connectivity index (χ1v) is 6.59. The summed E-state index contributed by atoms with van der Waals surface area (Å²) in [7, 11) is 0. The number of benzene rings is 2. The van der Waals surface area contributed by atoms with Gasteiger partial charge in [0, 0.05) is 11.3 Å². The third kappa shape index (κ3) is 3.32. The third-order valence-electron chi connectivity index (χ3n) is 2.90. The van der Waals surface area contributed by atoms with Crippen LogP contribution in [-0.4, -0.2) is 26.1 Å². The zero-order valence-corrected chi connectivity index (χ0v) is 11.5. The summed E-state index contributed by atoms with van der Waals surface area (Å²) in [5.74, 6) is -0.250. The van der Waals surface area contributed by atoms with Crippen LogP contribution in [0, 0.1) is 5.82 Å². The molecule has 3 aromatic rings. The quantitative estimate of drug-likeness (QED) is 0.800. The van der Waals surface area contributed by atoms with E-state index in [9.17, 15) is 9.18 Å². The highest BCUT2D eigenvalue weighted by molar-refractivity contribution is 5.90. The molecular formula is C15H12FN5O. The van der Waals surface area contributed by atoms with Crippen molar-refractivity contribution in [3.05, 3.63) is 60.4 Å². The first kappa shape index (κ1) is 13.9. The van der Waals surface area contributed by atoms with Crippen molar-refractivity contribution in [1.82, 2.24) is 20.2 Å². The molecule has 0 fully saturated rings. The summed E-state index contributed by atoms with van der Waals surface area (Å²) in [6.07, 6.45) is 0. The lowest BCUT2D eigenvalue weighted by atomic mass is 10.2. The molecule has 3 rings (SSSR count). The monoisotopic (exact) mass is 297 g/mol. The van der Waals surface area contributed by atoms with E-state index in [0.29, 0.717) is 17.1 Å². The number of carbonyl (C=O) groups excluding carboxylic acids is 1. The highest BCUT2D eigenvalue weighted by Crippen LogP contribution is 2.13. The van der Waals surface area contributed by atoms with E-state index in [-0.39, 0.29) is 18.3 Å². The number of para-hydroxylation sites is 1. The maximum absolute atomic E-state index is 12.9. The average molecular weight is 297 g/mol. The lowest BCUT2D eigenvalue weighted by molar-refractivity contribution is -0.117. The van der Waals surface area contributed by atoms with E-state index < -0.39 is 0 Å². The first-order valence-electron chi connectivity index (χ1n) is 6.59. The summed E-state index contributed by atoms with van der Waals surface area (Å²) in [6, 6.07) is 14.8. The second-order valence-corrected chi connectivity index (χ2v) is 4.56.